The SMILES string of the molecule is CN(CCNC(=O)NCc1cccc(Oc2cccc3c2C(=O)NC(=O)C3=O)c1)C[C@H]1CC[C@H](n2cc(NC(=O)c3coc(-c4ccnc(NCC5CC5)c4)n3)c(C(F)F)n2)CC1. The number of rotatable bonds is 17. The first-order valence-corrected chi connectivity index (χ1v) is 20.8. The number of ketones is 1. The summed E-state index contributed by atoms with van der Waals surface area (Å²) in [6, 6.07) is 14.4. The molecule has 2 aromatic carbocycles. The van der Waals surface area contributed by atoms with Crippen LogP contribution in [-0.4, -0.2) is 87.4 Å². The summed E-state index contributed by atoms with van der Waals surface area (Å²) in [5.41, 5.74) is 0.663. The predicted molar refractivity (Wildman–Crippen MR) is 225 cm³/mol. The van der Waals surface area contributed by atoms with Crippen LogP contribution < -0.4 is 31.3 Å². The summed E-state index contributed by atoms with van der Waals surface area (Å²) in [7, 11) is 1.98. The van der Waals surface area contributed by atoms with Gasteiger partial charge in [0.1, 0.15) is 23.6 Å². The van der Waals surface area contributed by atoms with Crippen molar-refractivity contribution in [3.63, 3.8) is 0 Å². The summed E-state index contributed by atoms with van der Waals surface area (Å²) in [4.78, 5) is 73.0. The molecule has 8 rings (SSSR count). The molecule has 1 aliphatic heterocycles. The molecule has 328 valence electrons. The highest BCUT2D eigenvalue weighted by Gasteiger charge is 2.33. The molecule has 0 unspecified atom stereocenters. The van der Waals surface area contributed by atoms with E-state index in [0.29, 0.717) is 42.1 Å². The zero-order valence-corrected chi connectivity index (χ0v) is 34.4. The molecule has 0 saturated heterocycles. The zero-order chi connectivity index (χ0) is 44.0. The van der Waals surface area contributed by atoms with Crippen LogP contribution in [0.5, 0.6) is 11.5 Å². The predicted octanol–water partition coefficient (Wildman–Crippen LogP) is 6.35. The first-order chi connectivity index (χ1) is 30.5. The van der Waals surface area contributed by atoms with Gasteiger partial charge in [-0.05, 0) is 99.4 Å². The molecule has 19 heteroatoms. The minimum Gasteiger partial charge on any atom is -0.456 e. The summed E-state index contributed by atoms with van der Waals surface area (Å²) < 4.78 is 41.3. The number of carbonyl (C=O) groups is 5. The van der Waals surface area contributed by atoms with Crippen molar-refractivity contribution in [3.8, 4) is 23.0 Å². The number of nitrogens with one attached hydrogen (secondary N) is 5. The van der Waals surface area contributed by atoms with Crippen LogP contribution in [-0.2, 0) is 11.3 Å². The van der Waals surface area contributed by atoms with E-state index >= 15 is 0 Å². The minimum atomic E-state index is -2.90. The van der Waals surface area contributed by atoms with Gasteiger partial charge in [-0.15, -0.1) is 0 Å². The van der Waals surface area contributed by atoms with Crippen molar-refractivity contribution in [2.24, 2.45) is 11.8 Å². The van der Waals surface area contributed by atoms with Gasteiger partial charge in [0.05, 0.1) is 17.3 Å². The second-order valence-electron chi connectivity index (χ2n) is 16.0. The van der Waals surface area contributed by atoms with E-state index in [9.17, 15) is 32.8 Å². The molecule has 5 aromatic rings. The molecular formula is C44H46F2N10O7. The Bertz CT molecular complexity index is 2510. The molecule has 3 aromatic heterocycles. The average Bonchev–Trinajstić information content (AvgIpc) is 3.79. The topological polar surface area (TPSA) is 215 Å². The van der Waals surface area contributed by atoms with Crippen molar-refractivity contribution in [2.75, 3.05) is 43.9 Å². The number of halogens is 2. The Morgan fingerprint density at radius 1 is 0.984 bits per heavy atom. The number of nitrogens with zero attached hydrogens (tertiary/aromatic N) is 5. The highest BCUT2D eigenvalue weighted by Crippen LogP contribution is 2.36. The summed E-state index contributed by atoms with van der Waals surface area (Å²) in [5.74, 6) is -0.820. The molecule has 2 saturated carbocycles. The Kier molecular flexibility index (Phi) is 12.8. The molecule has 4 heterocycles. The number of likely N-dealkylation sites (N-methyl/N-ethyl adjacent to an activating group) is 1. The fourth-order valence-electron chi connectivity index (χ4n) is 7.74. The maximum atomic E-state index is 14.1. The Balaban J connectivity index is 0.758. The summed E-state index contributed by atoms with van der Waals surface area (Å²) in [6.45, 7) is 2.83. The number of carbonyl (C=O) groups excluding carboxylic acids is 5. The lowest BCUT2D eigenvalue weighted by Gasteiger charge is -2.31. The van der Waals surface area contributed by atoms with E-state index in [-0.39, 0.29) is 52.8 Å². The first kappa shape index (κ1) is 42.7. The molecule has 5 N–H and O–H groups in total. The largest absolute Gasteiger partial charge is 0.456 e. The van der Waals surface area contributed by atoms with Gasteiger partial charge in [-0.3, -0.25) is 29.2 Å². The summed E-state index contributed by atoms with van der Waals surface area (Å²) in [6.07, 6.45) is 6.93. The van der Waals surface area contributed by atoms with Crippen LogP contribution in [0.15, 0.2) is 77.7 Å². The third-order valence-corrected chi connectivity index (χ3v) is 11.3. The van der Waals surface area contributed by atoms with Gasteiger partial charge in [0, 0.05) is 56.2 Å². The van der Waals surface area contributed by atoms with Gasteiger partial charge in [0.15, 0.2) is 11.4 Å². The number of fused-ring (bicyclic) bond motifs is 1. The van der Waals surface area contributed by atoms with E-state index in [1.54, 1.807) is 42.6 Å². The number of Topliss-reactive ketones (excluding diaryl/α,β-unsaturated/α-hetero) is 1. The maximum absolute atomic E-state index is 14.1. The first-order valence-electron chi connectivity index (χ1n) is 20.8. The van der Waals surface area contributed by atoms with E-state index in [1.165, 1.54) is 48.2 Å². The van der Waals surface area contributed by atoms with E-state index < -0.39 is 35.6 Å². The second-order valence-corrected chi connectivity index (χ2v) is 16.0. The van der Waals surface area contributed by atoms with Gasteiger partial charge in [0.25, 0.3) is 29.9 Å². The number of alkyl halides is 2. The summed E-state index contributed by atoms with van der Waals surface area (Å²) >= 11 is 0. The van der Waals surface area contributed by atoms with E-state index in [2.05, 4.69) is 41.2 Å². The minimum absolute atomic E-state index is 0.0207. The number of anilines is 2. The number of benzene rings is 2. The Morgan fingerprint density at radius 3 is 2.57 bits per heavy atom. The van der Waals surface area contributed by atoms with Crippen molar-refractivity contribution < 1.29 is 41.9 Å². The number of imide groups is 1. The van der Waals surface area contributed by atoms with E-state index in [0.717, 1.165) is 44.3 Å². The lowest BCUT2D eigenvalue weighted by Crippen LogP contribution is -2.42. The molecular weight excluding hydrogens is 819 g/mol. The number of hydrogen-bond donors (Lipinski definition) is 5. The summed E-state index contributed by atoms with van der Waals surface area (Å²) in [5, 5.41) is 17.8. The molecule has 2 fully saturated rings. The van der Waals surface area contributed by atoms with Crippen LogP contribution in [0.4, 0.5) is 25.1 Å². The van der Waals surface area contributed by atoms with Crippen LogP contribution in [0.2, 0.25) is 0 Å². The third-order valence-electron chi connectivity index (χ3n) is 11.3. The third kappa shape index (κ3) is 10.5. The van der Waals surface area contributed by atoms with Gasteiger partial charge in [0.2, 0.25) is 5.89 Å². The highest BCUT2D eigenvalue weighted by molar-refractivity contribution is 6.49. The molecule has 2 aliphatic carbocycles. The Morgan fingerprint density at radius 2 is 1.78 bits per heavy atom. The monoisotopic (exact) mass is 864 g/mol. The van der Waals surface area contributed by atoms with Crippen molar-refractivity contribution >= 4 is 41.0 Å². The standard InChI is InChI=1S/C44H46F2N10O7/c1-55(17-16-48-44(61)50-21-27-4-2-5-30(18-27)63-34-7-3-6-31-36(34)41(59)53-42(60)38(31)57)22-26-10-12-29(13-11-26)56-23-32(37(54-56)39(45)46)51-40(58)33-24-62-43(52-33)28-14-15-47-35(19-28)49-20-25-8-9-25/h2-7,14-15,18-19,23-26,29,39H,8-13,16-17,20-22H2,1H3,(H,47,49)(H,51,58)(H2,48,50,61)(H,53,59,60)/t26-,29-. The van der Waals surface area contributed by atoms with E-state index in [4.69, 9.17) is 9.15 Å². The Hall–Kier alpha value is -7.02. The smallest absolute Gasteiger partial charge is 0.315 e. The van der Waals surface area contributed by atoms with Crippen molar-refractivity contribution in [1.29, 1.82) is 0 Å². The van der Waals surface area contributed by atoms with Gasteiger partial charge in [-0.1, -0.05) is 18.2 Å². The molecule has 5 amide bonds. The van der Waals surface area contributed by atoms with Crippen molar-refractivity contribution in [1.82, 2.24) is 40.6 Å². The van der Waals surface area contributed by atoms with Crippen LogP contribution in [0.1, 0.15) is 93.5 Å². The molecule has 17 nitrogen and oxygen atoms in total. The van der Waals surface area contributed by atoms with Crippen LogP contribution in [0, 0.1) is 11.8 Å². The molecule has 63 heavy (non-hydrogen) atoms. The maximum Gasteiger partial charge on any atom is 0.315 e. The lowest BCUT2D eigenvalue weighted by atomic mass is 9.86. The number of ether oxygens (including phenoxy) is 1. The number of pyridine rings is 1. The molecule has 0 bridgehead atoms. The molecule has 0 spiro atoms. The molecule has 0 atom stereocenters. The number of oxazole rings is 1. The van der Waals surface area contributed by atoms with Crippen molar-refractivity contribution in [2.45, 2.75) is 57.5 Å². The second kappa shape index (κ2) is 18.9. The number of amides is 5. The normalized spacial score (nSPS) is 17.3. The van der Waals surface area contributed by atoms with Crippen LogP contribution in [0.3, 0.4) is 0 Å². The quantitative estimate of drug-likeness (QED) is 0.0511. The van der Waals surface area contributed by atoms with Crippen molar-refractivity contribution in [3.05, 3.63) is 101 Å². The van der Waals surface area contributed by atoms with Crippen LogP contribution >= 0.6 is 0 Å². The van der Waals surface area contributed by atoms with E-state index in [1.807, 2.05) is 12.4 Å². The Labute approximate surface area is 360 Å². The average molecular weight is 865 g/mol. The van der Waals surface area contributed by atoms with Gasteiger partial charge < -0.3 is 35.3 Å². The molecule has 0 radical (unpaired) electrons. The lowest BCUT2D eigenvalue weighted by molar-refractivity contribution is -0.116. The number of urea groups is 1. The fraction of sp³-hybridized carbons (Fsp3) is 0.364. The fourth-order valence-corrected chi connectivity index (χ4v) is 7.74. The zero-order valence-electron chi connectivity index (χ0n) is 34.4. The molecule has 3 aliphatic rings. The van der Waals surface area contributed by atoms with Gasteiger partial charge >= 0.3 is 6.03 Å². The highest BCUT2D eigenvalue weighted by atomic mass is 19.3. The van der Waals surface area contributed by atoms with Crippen LogP contribution in [0.25, 0.3) is 11.5 Å². The van der Waals surface area contributed by atoms with Gasteiger partial charge in [-0.25, -0.2) is 23.5 Å². The number of aromatic nitrogens is 4. The van der Waals surface area contributed by atoms with Gasteiger partial charge in [-0.2, -0.15) is 5.10 Å². The number of hydrogen-bond acceptors (Lipinski definition) is 12.